The molecule has 98 valence electrons. The smallest absolute Gasteiger partial charge is 0.324 e. The Bertz CT molecular complexity index is 586. The Morgan fingerprint density at radius 2 is 2.00 bits per heavy atom. The molecule has 2 rings (SSSR count). The summed E-state index contributed by atoms with van der Waals surface area (Å²) in [7, 11) is 1.46. The van der Waals surface area contributed by atoms with Crippen molar-refractivity contribution in [2.45, 2.75) is 6.92 Å². The number of carbonyl (C=O) groups is 1. The number of amides is 2. The second kappa shape index (κ2) is 5.81. The van der Waals surface area contributed by atoms with Gasteiger partial charge in [0.25, 0.3) is 0 Å². The Morgan fingerprint density at radius 3 is 2.74 bits per heavy atom. The highest BCUT2D eigenvalue weighted by atomic mass is 16.5. The first-order valence-corrected chi connectivity index (χ1v) is 5.69. The SMILES string of the molecule is COc1nccc(NC(=O)Nc2ccccc2C)n1. The molecule has 0 saturated carbocycles. The van der Waals surface area contributed by atoms with E-state index < -0.39 is 0 Å². The van der Waals surface area contributed by atoms with Crippen LogP contribution in [0.3, 0.4) is 0 Å². The summed E-state index contributed by atoms with van der Waals surface area (Å²) >= 11 is 0. The lowest BCUT2D eigenvalue weighted by molar-refractivity contribution is 0.262. The second-order valence-electron chi connectivity index (χ2n) is 3.82. The summed E-state index contributed by atoms with van der Waals surface area (Å²) < 4.78 is 4.88. The zero-order chi connectivity index (χ0) is 13.7. The number of methoxy groups -OCH3 is 1. The van der Waals surface area contributed by atoms with Crippen LogP contribution in [0.2, 0.25) is 0 Å². The molecule has 0 unspecified atom stereocenters. The van der Waals surface area contributed by atoms with Gasteiger partial charge in [-0.2, -0.15) is 4.98 Å². The molecule has 2 aromatic rings. The van der Waals surface area contributed by atoms with E-state index in [2.05, 4.69) is 20.6 Å². The molecule has 0 bridgehead atoms. The Hall–Kier alpha value is -2.63. The van der Waals surface area contributed by atoms with Gasteiger partial charge in [-0.15, -0.1) is 0 Å². The van der Waals surface area contributed by atoms with Crippen molar-refractivity contribution in [3.63, 3.8) is 0 Å². The number of anilines is 2. The van der Waals surface area contributed by atoms with E-state index in [0.717, 1.165) is 11.3 Å². The first kappa shape index (κ1) is 12.8. The first-order valence-electron chi connectivity index (χ1n) is 5.69. The van der Waals surface area contributed by atoms with Crippen molar-refractivity contribution in [1.29, 1.82) is 0 Å². The molecule has 1 aromatic heterocycles. The van der Waals surface area contributed by atoms with Gasteiger partial charge in [-0.05, 0) is 24.6 Å². The fraction of sp³-hybridized carbons (Fsp3) is 0.154. The van der Waals surface area contributed by atoms with Crippen molar-refractivity contribution in [2.24, 2.45) is 0 Å². The van der Waals surface area contributed by atoms with Gasteiger partial charge in [0.2, 0.25) is 0 Å². The molecule has 2 N–H and O–H groups in total. The van der Waals surface area contributed by atoms with Crippen molar-refractivity contribution in [3.05, 3.63) is 42.1 Å². The fourth-order valence-corrected chi connectivity index (χ4v) is 1.49. The molecule has 6 heteroatoms. The van der Waals surface area contributed by atoms with Gasteiger partial charge >= 0.3 is 12.0 Å². The van der Waals surface area contributed by atoms with E-state index in [9.17, 15) is 4.79 Å². The third kappa shape index (κ3) is 3.41. The van der Waals surface area contributed by atoms with Crippen LogP contribution >= 0.6 is 0 Å². The summed E-state index contributed by atoms with van der Waals surface area (Å²) in [6.45, 7) is 1.92. The zero-order valence-corrected chi connectivity index (χ0v) is 10.7. The second-order valence-corrected chi connectivity index (χ2v) is 3.82. The van der Waals surface area contributed by atoms with E-state index in [-0.39, 0.29) is 12.0 Å². The minimum atomic E-state index is -0.366. The molecule has 1 aromatic carbocycles. The molecule has 0 saturated heterocycles. The van der Waals surface area contributed by atoms with Crippen molar-refractivity contribution < 1.29 is 9.53 Å². The van der Waals surface area contributed by atoms with E-state index in [1.807, 2.05) is 31.2 Å². The molecule has 2 amide bonds. The van der Waals surface area contributed by atoms with Gasteiger partial charge < -0.3 is 10.1 Å². The predicted octanol–water partition coefficient (Wildman–Crippen LogP) is 2.44. The zero-order valence-electron chi connectivity index (χ0n) is 10.7. The molecule has 19 heavy (non-hydrogen) atoms. The molecular formula is C13H14N4O2. The van der Waals surface area contributed by atoms with Gasteiger partial charge in [0.05, 0.1) is 7.11 Å². The lowest BCUT2D eigenvalue weighted by Crippen LogP contribution is -2.20. The first-order chi connectivity index (χ1) is 9.19. The van der Waals surface area contributed by atoms with Crippen molar-refractivity contribution in [3.8, 4) is 6.01 Å². The van der Waals surface area contributed by atoms with Gasteiger partial charge in [0.15, 0.2) is 0 Å². The number of rotatable bonds is 3. The minimum Gasteiger partial charge on any atom is -0.467 e. The number of ether oxygens (including phenoxy) is 1. The molecular weight excluding hydrogens is 244 g/mol. The summed E-state index contributed by atoms with van der Waals surface area (Å²) in [6.07, 6.45) is 1.51. The fourth-order valence-electron chi connectivity index (χ4n) is 1.49. The average Bonchev–Trinajstić information content (AvgIpc) is 2.41. The van der Waals surface area contributed by atoms with E-state index in [1.54, 1.807) is 6.07 Å². The number of benzene rings is 1. The lowest BCUT2D eigenvalue weighted by Gasteiger charge is -2.09. The number of aromatic nitrogens is 2. The molecule has 0 aliphatic carbocycles. The van der Waals surface area contributed by atoms with Gasteiger partial charge in [0, 0.05) is 11.9 Å². The van der Waals surface area contributed by atoms with E-state index >= 15 is 0 Å². The minimum absolute atomic E-state index is 0.202. The van der Waals surface area contributed by atoms with Gasteiger partial charge in [-0.3, -0.25) is 5.32 Å². The molecule has 0 radical (unpaired) electrons. The van der Waals surface area contributed by atoms with Crippen molar-refractivity contribution in [2.75, 3.05) is 17.7 Å². The highest BCUT2D eigenvalue weighted by Crippen LogP contribution is 2.14. The Kier molecular flexibility index (Phi) is 3.92. The quantitative estimate of drug-likeness (QED) is 0.886. The topological polar surface area (TPSA) is 76.1 Å². The number of hydrogen-bond donors (Lipinski definition) is 2. The molecule has 1 heterocycles. The lowest BCUT2D eigenvalue weighted by atomic mass is 10.2. The summed E-state index contributed by atoms with van der Waals surface area (Å²) in [5, 5.41) is 5.36. The van der Waals surface area contributed by atoms with Crippen LogP contribution in [0.15, 0.2) is 36.5 Å². The van der Waals surface area contributed by atoms with Crippen LogP contribution in [0, 0.1) is 6.92 Å². The number of carbonyl (C=O) groups excluding carboxylic acids is 1. The number of urea groups is 1. The summed E-state index contributed by atoms with van der Waals surface area (Å²) in [6, 6.07) is 8.94. The third-order valence-corrected chi connectivity index (χ3v) is 2.45. The number of nitrogens with zero attached hydrogens (tertiary/aromatic N) is 2. The Morgan fingerprint density at radius 1 is 1.21 bits per heavy atom. The summed E-state index contributed by atoms with van der Waals surface area (Å²) in [4.78, 5) is 19.7. The molecule has 0 spiro atoms. The maximum Gasteiger partial charge on any atom is 0.324 e. The standard InChI is InChI=1S/C13H14N4O2/c1-9-5-3-4-6-10(9)15-12(18)16-11-7-8-14-13(17-11)19-2/h3-8H,1-2H3,(H2,14,15,16,17,18). The van der Waals surface area contributed by atoms with Crippen LogP contribution in [0.1, 0.15) is 5.56 Å². The maximum absolute atomic E-state index is 11.8. The van der Waals surface area contributed by atoms with Crippen molar-refractivity contribution in [1.82, 2.24) is 9.97 Å². The third-order valence-electron chi connectivity index (χ3n) is 2.45. The van der Waals surface area contributed by atoms with E-state index in [4.69, 9.17) is 4.74 Å². The van der Waals surface area contributed by atoms with E-state index in [1.165, 1.54) is 13.3 Å². The van der Waals surface area contributed by atoms with Gasteiger partial charge in [-0.25, -0.2) is 9.78 Å². The molecule has 0 aliphatic rings. The van der Waals surface area contributed by atoms with Crippen molar-refractivity contribution >= 4 is 17.5 Å². The summed E-state index contributed by atoms with van der Waals surface area (Å²) in [5.41, 5.74) is 1.74. The van der Waals surface area contributed by atoms with Gasteiger partial charge in [0.1, 0.15) is 5.82 Å². The highest BCUT2D eigenvalue weighted by molar-refractivity contribution is 5.99. The number of aryl methyl sites for hydroxylation is 1. The van der Waals surface area contributed by atoms with Crippen LogP contribution in [0.4, 0.5) is 16.3 Å². The molecule has 0 aliphatic heterocycles. The number of hydrogen-bond acceptors (Lipinski definition) is 4. The van der Waals surface area contributed by atoms with Crippen LogP contribution in [-0.4, -0.2) is 23.1 Å². The predicted molar refractivity (Wildman–Crippen MR) is 72.4 cm³/mol. The van der Waals surface area contributed by atoms with Crippen LogP contribution < -0.4 is 15.4 Å². The van der Waals surface area contributed by atoms with E-state index in [0.29, 0.717) is 5.82 Å². The molecule has 6 nitrogen and oxygen atoms in total. The maximum atomic E-state index is 11.8. The Balaban J connectivity index is 2.03. The highest BCUT2D eigenvalue weighted by Gasteiger charge is 2.06. The monoisotopic (exact) mass is 258 g/mol. The average molecular weight is 258 g/mol. The molecule has 0 fully saturated rings. The van der Waals surface area contributed by atoms with Gasteiger partial charge in [-0.1, -0.05) is 18.2 Å². The Labute approximate surface area is 110 Å². The normalized spacial score (nSPS) is 9.79. The largest absolute Gasteiger partial charge is 0.467 e. The van der Waals surface area contributed by atoms with Crippen LogP contribution in [0.25, 0.3) is 0 Å². The van der Waals surface area contributed by atoms with Crippen LogP contribution in [0.5, 0.6) is 6.01 Å². The number of nitrogens with one attached hydrogen (secondary N) is 2. The molecule has 0 atom stereocenters. The summed E-state index contributed by atoms with van der Waals surface area (Å²) in [5.74, 6) is 0.373. The number of para-hydroxylation sites is 1. The van der Waals surface area contributed by atoms with Crippen LogP contribution in [-0.2, 0) is 0 Å².